The highest BCUT2D eigenvalue weighted by molar-refractivity contribution is 6.24. The molecule has 2 aliphatic heterocycles. The lowest BCUT2D eigenvalue weighted by Gasteiger charge is -2.30. The molecule has 0 bridgehead atoms. The Labute approximate surface area is 225 Å². The van der Waals surface area contributed by atoms with Crippen molar-refractivity contribution in [2.24, 2.45) is 5.92 Å². The molecule has 202 valence electrons. The monoisotopic (exact) mass is 532 g/mol. The highest BCUT2D eigenvalue weighted by Crippen LogP contribution is 2.50. The number of para-hydroxylation sites is 1. The van der Waals surface area contributed by atoms with E-state index in [4.69, 9.17) is 19.0 Å². The molecule has 2 saturated heterocycles. The second kappa shape index (κ2) is 10.7. The van der Waals surface area contributed by atoms with Crippen molar-refractivity contribution in [1.82, 2.24) is 0 Å². The lowest BCUT2D eigenvalue weighted by Crippen LogP contribution is -2.37. The van der Waals surface area contributed by atoms with Crippen LogP contribution in [0.15, 0.2) is 66.7 Å². The Balaban J connectivity index is 1.61. The topological polar surface area (TPSA) is 115 Å². The van der Waals surface area contributed by atoms with Gasteiger partial charge in [-0.15, -0.1) is 0 Å². The van der Waals surface area contributed by atoms with Gasteiger partial charge in [0.05, 0.1) is 38.2 Å². The van der Waals surface area contributed by atoms with Crippen LogP contribution in [-0.4, -0.2) is 49.8 Å². The standard InChI is InChI=1S/C29H28N2O8/c1-4-16-38-19-12-10-17(11-13-19)30-27(32)23-24(20-14-15-21(36-2)25(37-3)22(20)29(34)35)31(39-26(23)28(30)33)18-8-6-5-7-9-18/h5-15,23-24,26H,4,16H2,1-3H3,(H,34,35)/t23-,24+,26-/m1/s1. The van der Waals surface area contributed by atoms with Gasteiger partial charge in [0.15, 0.2) is 17.6 Å². The lowest BCUT2D eigenvalue weighted by molar-refractivity contribution is -0.126. The summed E-state index contributed by atoms with van der Waals surface area (Å²) in [7, 11) is 2.75. The summed E-state index contributed by atoms with van der Waals surface area (Å²) in [6.07, 6.45) is -0.312. The molecule has 2 heterocycles. The first-order chi connectivity index (χ1) is 18.9. The van der Waals surface area contributed by atoms with Crippen LogP contribution in [0.5, 0.6) is 17.2 Å². The number of rotatable bonds is 9. The molecule has 2 fully saturated rings. The summed E-state index contributed by atoms with van der Waals surface area (Å²) in [4.78, 5) is 47.3. The van der Waals surface area contributed by atoms with Crippen LogP contribution in [0.3, 0.4) is 0 Å². The number of amides is 2. The molecular weight excluding hydrogens is 504 g/mol. The van der Waals surface area contributed by atoms with Crippen LogP contribution in [-0.2, 0) is 14.4 Å². The number of anilines is 2. The molecule has 5 rings (SSSR count). The molecule has 0 unspecified atom stereocenters. The Hall–Kier alpha value is -4.57. The Morgan fingerprint density at radius 1 is 0.923 bits per heavy atom. The van der Waals surface area contributed by atoms with E-state index in [9.17, 15) is 19.5 Å². The van der Waals surface area contributed by atoms with Crippen LogP contribution in [0.1, 0.15) is 35.3 Å². The van der Waals surface area contributed by atoms with Gasteiger partial charge in [-0.2, -0.15) is 0 Å². The third kappa shape index (κ3) is 4.42. The number of carbonyl (C=O) groups excluding carboxylic acids is 2. The van der Waals surface area contributed by atoms with E-state index < -0.39 is 35.8 Å². The van der Waals surface area contributed by atoms with Crippen LogP contribution in [0.2, 0.25) is 0 Å². The third-order valence-corrected chi connectivity index (χ3v) is 6.80. The number of benzene rings is 3. The minimum Gasteiger partial charge on any atom is -0.494 e. The second-order valence-electron chi connectivity index (χ2n) is 9.08. The number of aromatic carboxylic acids is 1. The van der Waals surface area contributed by atoms with Gasteiger partial charge in [0, 0.05) is 0 Å². The summed E-state index contributed by atoms with van der Waals surface area (Å²) in [5.41, 5.74) is 1.02. The van der Waals surface area contributed by atoms with E-state index in [-0.39, 0.29) is 22.6 Å². The molecule has 3 atom stereocenters. The molecule has 0 aliphatic carbocycles. The smallest absolute Gasteiger partial charge is 0.339 e. The maximum Gasteiger partial charge on any atom is 0.339 e. The van der Waals surface area contributed by atoms with E-state index in [1.54, 1.807) is 60.7 Å². The van der Waals surface area contributed by atoms with Crippen LogP contribution < -0.4 is 24.2 Å². The van der Waals surface area contributed by atoms with Gasteiger partial charge in [-0.25, -0.2) is 14.8 Å². The van der Waals surface area contributed by atoms with Gasteiger partial charge in [-0.1, -0.05) is 31.2 Å². The normalized spacial score (nSPS) is 20.2. The van der Waals surface area contributed by atoms with E-state index in [0.717, 1.165) is 11.3 Å². The average molecular weight is 533 g/mol. The number of imide groups is 1. The van der Waals surface area contributed by atoms with Crippen molar-refractivity contribution in [2.75, 3.05) is 30.8 Å². The number of carboxylic acid groups (broad SMARTS) is 1. The van der Waals surface area contributed by atoms with Gasteiger partial charge in [-0.05, 0) is 54.4 Å². The molecule has 0 aromatic heterocycles. The molecular formula is C29H28N2O8. The quantitative estimate of drug-likeness (QED) is 0.404. The fourth-order valence-electron chi connectivity index (χ4n) is 5.10. The Morgan fingerprint density at radius 3 is 2.26 bits per heavy atom. The number of hydroxylamine groups is 1. The van der Waals surface area contributed by atoms with Crippen LogP contribution in [0.4, 0.5) is 11.4 Å². The van der Waals surface area contributed by atoms with E-state index in [1.165, 1.54) is 19.3 Å². The zero-order chi connectivity index (χ0) is 27.7. The Morgan fingerprint density at radius 2 is 1.64 bits per heavy atom. The maximum atomic E-state index is 13.9. The summed E-state index contributed by atoms with van der Waals surface area (Å²) in [6, 6.07) is 17.8. The van der Waals surface area contributed by atoms with E-state index in [0.29, 0.717) is 23.7 Å². The zero-order valence-electron chi connectivity index (χ0n) is 21.7. The lowest BCUT2D eigenvalue weighted by atomic mass is 9.87. The van der Waals surface area contributed by atoms with Crippen LogP contribution in [0.25, 0.3) is 0 Å². The van der Waals surface area contributed by atoms with Gasteiger partial charge in [0.1, 0.15) is 17.2 Å². The molecule has 2 amide bonds. The van der Waals surface area contributed by atoms with E-state index in [2.05, 4.69) is 0 Å². The van der Waals surface area contributed by atoms with E-state index in [1.807, 2.05) is 13.0 Å². The largest absolute Gasteiger partial charge is 0.494 e. The summed E-state index contributed by atoms with van der Waals surface area (Å²) in [6.45, 7) is 2.55. The van der Waals surface area contributed by atoms with Crippen molar-refractivity contribution in [1.29, 1.82) is 0 Å². The van der Waals surface area contributed by atoms with Gasteiger partial charge < -0.3 is 19.3 Å². The predicted octanol–water partition coefficient (Wildman–Crippen LogP) is 4.24. The molecule has 10 nitrogen and oxygen atoms in total. The molecule has 1 N–H and O–H groups in total. The average Bonchev–Trinajstić information content (AvgIpc) is 3.47. The Kier molecular flexibility index (Phi) is 7.12. The highest BCUT2D eigenvalue weighted by Gasteiger charge is 2.61. The number of fused-ring (bicyclic) bond motifs is 1. The number of hydrogen-bond acceptors (Lipinski definition) is 8. The number of ether oxygens (including phenoxy) is 3. The minimum atomic E-state index is -1.27. The van der Waals surface area contributed by atoms with Crippen molar-refractivity contribution >= 4 is 29.2 Å². The SMILES string of the molecule is CCCOc1ccc(N2C(=O)[C@H]3[C@@H](ON(c4ccccc4)[C@H]3c3ccc(OC)c(OC)c3C(=O)O)C2=O)cc1. The van der Waals surface area contributed by atoms with E-state index >= 15 is 0 Å². The highest BCUT2D eigenvalue weighted by atomic mass is 16.7. The molecule has 0 radical (unpaired) electrons. The summed E-state index contributed by atoms with van der Waals surface area (Å²) < 4.78 is 16.4. The molecule has 39 heavy (non-hydrogen) atoms. The first-order valence-corrected chi connectivity index (χ1v) is 12.5. The first-order valence-electron chi connectivity index (χ1n) is 12.5. The van der Waals surface area contributed by atoms with Gasteiger partial charge in [-0.3, -0.25) is 14.4 Å². The summed E-state index contributed by atoms with van der Waals surface area (Å²) in [5, 5.41) is 11.7. The fourth-order valence-corrected chi connectivity index (χ4v) is 5.10. The predicted molar refractivity (Wildman–Crippen MR) is 141 cm³/mol. The second-order valence-corrected chi connectivity index (χ2v) is 9.08. The summed E-state index contributed by atoms with van der Waals surface area (Å²) >= 11 is 0. The van der Waals surface area contributed by atoms with Crippen LogP contribution in [0, 0.1) is 5.92 Å². The zero-order valence-corrected chi connectivity index (χ0v) is 21.7. The summed E-state index contributed by atoms with van der Waals surface area (Å²) in [5.74, 6) is -2.47. The number of methoxy groups -OCH3 is 2. The van der Waals surface area contributed by atoms with Crippen molar-refractivity contribution in [2.45, 2.75) is 25.5 Å². The van der Waals surface area contributed by atoms with Gasteiger partial charge in [0.25, 0.3) is 5.91 Å². The van der Waals surface area contributed by atoms with Crippen molar-refractivity contribution < 1.29 is 38.5 Å². The third-order valence-electron chi connectivity index (χ3n) is 6.80. The molecule has 0 saturated carbocycles. The molecule has 3 aromatic rings. The van der Waals surface area contributed by atoms with Crippen molar-refractivity contribution in [3.8, 4) is 17.2 Å². The molecule has 3 aromatic carbocycles. The first kappa shape index (κ1) is 26.1. The molecule has 10 heteroatoms. The maximum absolute atomic E-state index is 13.9. The minimum absolute atomic E-state index is 0.00950. The number of carbonyl (C=O) groups is 3. The van der Waals surface area contributed by atoms with Crippen LogP contribution >= 0.6 is 0 Å². The molecule has 2 aliphatic rings. The number of hydrogen-bond donors (Lipinski definition) is 1. The van der Waals surface area contributed by atoms with Gasteiger partial charge in [0.2, 0.25) is 5.91 Å². The van der Waals surface area contributed by atoms with Crippen molar-refractivity contribution in [3.63, 3.8) is 0 Å². The number of nitrogens with zero attached hydrogens (tertiary/aromatic N) is 2. The van der Waals surface area contributed by atoms with Gasteiger partial charge >= 0.3 is 5.97 Å². The Bertz CT molecular complexity index is 1390. The van der Waals surface area contributed by atoms with Crippen molar-refractivity contribution in [3.05, 3.63) is 77.9 Å². The molecule has 0 spiro atoms. The number of carboxylic acids is 1. The fraction of sp³-hybridized carbons (Fsp3) is 0.276.